The molecule has 16 aromatic rings. The van der Waals surface area contributed by atoms with E-state index in [2.05, 4.69) is 30.1 Å². The molecule has 8 aromatic carbocycles. The summed E-state index contributed by atoms with van der Waals surface area (Å²) in [6.45, 7) is 19.3. The lowest BCUT2D eigenvalue weighted by Gasteiger charge is -2.20. The van der Waals surface area contributed by atoms with Gasteiger partial charge in [-0.1, -0.05) is 165 Å². The molecule has 0 atom stereocenters. The zero-order chi connectivity index (χ0) is 88.3. The average molecular weight is 1740 g/mol. The van der Waals surface area contributed by atoms with Gasteiger partial charge in [0.25, 0.3) is 0 Å². The van der Waals surface area contributed by atoms with Gasteiger partial charge in [-0.05, 0) is 147 Å². The van der Waals surface area contributed by atoms with Crippen molar-refractivity contribution in [1.82, 2.24) is 78.7 Å². The van der Waals surface area contributed by atoms with Gasteiger partial charge in [0.2, 0.25) is 23.6 Å². The van der Waals surface area contributed by atoms with Crippen LogP contribution in [0.5, 0.6) is 0 Å². The van der Waals surface area contributed by atoms with Crippen molar-refractivity contribution in [3.63, 3.8) is 0 Å². The second-order valence-electron chi connectivity index (χ2n) is 31.9. The SMILES string of the molecule is CCc1nc2c(o1)CN(C(=O)Cn1nc(-c3ccc(F)c(C)c3)cc1-c1ccccc1)C2.Cc1nc2c(o1)CN(C(=O)Cn1nc(-c3ccc(C)c(F)c3)cc1-c1ccccc1)C2.Cc1nc2c(s1)CCN(C(=O)Cn1nc(-c3ccc(C)c(F)c3)cc1-c1ccccc1)CC2.Cc1nc2c(s1)CN(C(=O)Cn1nc(-c3ccc(C)c(F)c3)cc1-c1ccccc1)C2. The van der Waals surface area contributed by atoms with E-state index in [4.69, 9.17) is 19.0 Å². The number of aromatic nitrogens is 12. The molecule has 12 heterocycles. The number of hydrogen-bond acceptors (Lipinski definition) is 16. The molecule has 8 aromatic heterocycles. The third-order valence-corrected chi connectivity index (χ3v) is 24.9. The van der Waals surface area contributed by atoms with Crippen LogP contribution in [0.4, 0.5) is 17.6 Å². The van der Waals surface area contributed by atoms with Gasteiger partial charge in [-0.25, -0.2) is 37.5 Å². The number of halogens is 4. The number of hydrogen-bond donors (Lipinski definition) is 0. The summed E-state index contributed by atoms with van der Waals surface area (Å²) >= 11 is 3.37. The molecule has 0 saturated carbocycles. The van der Waals surface area contributed by atoms with E-state index < -0.39 is 0 Å². The summed E-state index contributed by atoms with van der Waals surface area (Å²) in [5.41, 5.74) is 18.7. The van der Waals surface area contributed by atoms with Gasteiger partial charge < -0.3 is 28.4 Å². The van der Waals surface area contributed by atoms with Gasteiger partial charge in [-0.15, -0.1) is 22.7 Å². The first-order valence-electron chi connectivity index (χ1n) is 42.0. The lowest BCUT2D eigenvalue weighted by atomic mass is 10.1. The number of amides is 4. The van der Waals surface area contributed by atoms with E-state index >= 15 is 0 Å². The average Bonchev–Trinajstić information content (AvgIpc) is 1.65. The third kappa shape index (κ3) is 19.1. The van der Waals surface area contributed by atoms with Gasteiger partial charge in [0.05, 0.1) is 106 Å². The predicted molar refractivity (Wildman–Crippen MR) is 479 cm³/mol. The molecule has 4 aliphatic heterocycles. The van der Waals surface area contributed by atoms with Crippen LogP contribution in [0.25, 0.3) is 90.1 Å². The molecule has 0 fully saturated rings. The van der Waals surface area contributed by atoms with Gasteiger partial charge in [-0.2, -0.15) is 20.4 Å². The van der Waals surface area contributed by atoms with Gasteiger partial charge in [0.15, 0.2) is 11.8 Å². The molecule has 22 nitrogen and oxygen atoms in total. The minimum atomic E-state index is -0.280. The quantitative estimate of drug-likeness (QED) is 0.0772. The van der Waals surface area contributed by atoms with E-state index in [0.29, 0.717) is 126 Å². The topological polar surface area (TPSA) is 230 Å². The van der Waals surface area contributed by atoms with Gasteiger partial charge in [0.1, 0.15) is 72.4 Å². The van der Waals surface area contributed by atoms with E-state index in [-0.39, 0.29) is 73.1 Å². The highest BCUT2D eigenvalue weighted by Gasteiger charge is 2.33. The minimum Gasteiger partial charge on any atom is -0.444 e. The molecule has 0 radical (unpaired) electrons. The Balaban J connectivity index is 0.000000119. The molecule has 0 N–H and O–H groups in total. The normalized spacial score (nSPS) is 13.1. The van der Waals surface area contributed by atoms with E-state index in [0.717, 1.165) is 119 Å². The number of rotatable bonds is 17. The van der Waals surface area contributed by atoms with Crippen molar-refractivity contribution in [3.05, 3.63) is 330 Å². The molecule has 4 amide bonds. The lowest BCUT2D eigenvalue weighted by Crippen LogP contribution is -2.36. The minimum absolute atomic E-state index is 0.00947. The summed E-state index contributed by atoms with van der Waals surface area (Å²) < 4.78 is 74.4. The first-order chi connectivity index (χ1) is 61.4. The van der Waals surface area contributed by atoms with Crippen molar-refractivity contribution < 1.29 is 45.6 Å². The largest absolute Gasteiger partial charge is 0.444 e. The Hall–Kier alpha value is -14.1. The van der Waals surface area contributed by atoms with E-state index in [1.807, 2.05) is 194 Å². The van der Waals surface area contributed by atoms with E-state index in [1.165, 1.54) is 29.1 Å². The molecular weight excluding hydrogens is 1650 g/mol. The molecule has 4 aliphatic rings. The Labute approximate surface area is 739 Å². The van der Waals surface area contributed by atoms with Crippen LogP contribution in [0, 0.1) is 71.7 Å². The first kappa shape index (κ1) is 85.1. The standard InChI is InChI=1S/C26H25FN4OS.C25H23FN4O2.C24H21FN4O2.C24H21FN4OS/c1-17-8-9-20(14-21(17)27)23-15-24(19-6-4-3-5-7-19)31(29-23)16-26(32)30-12-10-22-25(11-13-30)33-18(2)28-22;1-3-24-27-21-13-29(14-23(21)32-24)25(31)15-30-22(17-7-5-4-6-8-17)12-20(28-30)18-9-10-19(26)16(2)11-18;2*1-15-8-9-18(10-19(15)25)20-11-22(17-6-4-3-5-7-17)29(27-20)14-24(30)28-12-21-23(13-28)31-16(2)26-21/h3-9,14-15H,10-13,16H2,1-2H3;4-12H,3,13-15H2,1-2H3;2*3-11H,12-14H2,1-2H3. The number of oxazole rings is 2. The van der Waals surface area contributed by atoms with Crippen LogP contribution in [0.3, 0.4) is 0 Å². The number of fused-ring (bicyclic) bond motifs is 4. The maximum Gasteiger partial charge on any atom is 0.245 e. The fourth-order valence-corrected chi connectivity index (χ4v) is 17.8. The Morgan fingerprint density at radius 1 is 0.331 bits per heavy atom. The van der Waals surface area contributed by atoms with Gasteiger partial charge >= 0.3 is 0 Å². The summed E-state index contributed by atoms with van der Waals surface area (Å²) in [5, 5.41) is 20.9. The molecule has 0 aliphatic carbocycles. The zero-order valence-electron chi connectivity index (χ0n) is 71.3. The maximum absolute atomic E-state index is 14.2. The smallest absolute Gasteiger partial charge is 0.245 e. The summed E-state index contributed by atoms with van der Waals surface area (Å²) in [7, 11) is 0. The van der Waals surface area contributed by atoms with Crippen molar-refractivity contribution >= 4 is 46.3 Å². The van der Waals surface area contributed by atoms with E-state index in [9.17, 15) is 36.7 Å². The fourth-order valence-electron chi connectivity index (χ4n) is 15.9. The van der Waals surface area contributed by atoms with Crippen LogP contribution >= 0.6 is 22.7 Å². The molecular formula is C99H90F4N16O6S2. The van der Waals surface area contributed by atoms with Gasteiger partial charge in [-0.3, -0.25) is 37.9 Å². The molecule has 0 bridgehead atoms. The van der Waals surface area contributed by atoms with Crippen LogP contribution < -0.4 is 0 Å². The number of benzene rings is 8. The summed E-state index contributed by atoms with van der Waals surface area (Å²) in [5.74, 6) is 1.66. The van der Waals surface area contributed by atoms with Crippen molar-refractivity contribution in [2.75, 3.05) is 13.1 Å². The number of carbonyl (C=O) groups excluding carboxylic acids is 4. The Kier molecular flexibility index (Phi) is 24.8. The fraction of sp³-hybridized carbons (Fsp3) is 0.232. The number of aryl methyl sites for hydroxylation is 8. The summed E-state index contributed by atoms with van der Waals surface area (Å²) in [6.07, 6.45) is 2.36. The summed E-state index contributed by atoms with van der Waals surface area (Å²) in [6, 6.07) is 67.1. The van der Waals surface area contributed by atoms with Gasteiger partial charge in [0, 0.05) is 71.3 Å². The Morgan fingerprint density at radius 2 is 0.685 bits per heavy atom. The highest BCUT2D eigenvalue weighted by Crippen LogP contribution is 2.37. The predicted octanol–water partition coefficient (Wildman–Crippen LogP) is 19.3. The third-order valence-electron chi connectivity index (χ3n) is 22.8. The van der Waals surface area contributed by atoms with E-state index in [1.54, 1.807) is 116 Å². The first-order valence-corrected chi connectivity index (χ1v) is 43.6. The van der Waals surface area contributed by atoms with Crippen LogP contribution in [-0.2, 0) is 104 Å². The monoisotopic (exact) mass is 1740 g/mol. The molecule has 0 spiro atoms. The second kappa shape index (κ2) is 37.0. The Bertz CT molecular complexity index is 6470. The van der Waals surface area contributed by atoms with Crippen molar-refractivity contribution in [3.8, 4) is 90.1 Å². The maximum atomic E-state index is 14.2. The van der Waals surface area contributed by atoms with Crippen LogP contribution in [0.1, 0.15) is 95.0 Å². The van der Waals surface area contributed by atoms with Crippen molar-refractivity contribution in [1.29, 1.82) is 0 Å². The highest BCUT2D eigenvalue weighted by atomic mass is 32.1. The van der Waals surface area contributed by atoms with Crippen LogP contribution in [-0.4, -0.2) is 115 Å². The van der Waals surface area contributed by atoms with Crippen LogP contribution in [0.2, 0.25) is 0 Å². The molecule has 0 unspecified atom stereocenters. The lowest BCUT2D eigenvalue weighted by molar-refractivity contribution is -0.133. The van der Waals surface area contributed by atoms with Crippen molar-refractivity contribution in [2.24, 2.45) is 0 Å². The number of carbonyl (C=O) groups is 4. The second-order valence-corrected chi connectivity index (χ2v) is 34.5. The number of nitrogens with zero attached hydrogens (tertiary/aromatic N) is 16. The zero-order valence-corrected chi connectivity index (χ0v) is 73.0. The summed E-state index contributed by atoms with van der Waals surface area (Å²) in [4.78, 5) is 80.0. The molecule has 28 heteroatoms. The van der Waals surface area contributed by atoms with Crippen molar-refractivity contribution in [2.45, 2.75) is 140 Å². The number of thiazole rings is 2. The Morgan fingerprint density at radius 3 is 1.07 bits per heavy atom. The van der Waals surface area contributed by atoms with Crippen LogP contribution in [0.15, 0.2) is 227 Å². The molecule has 20 rings (SSSR count). The highest BCUT2D eigenvalue weighted by molar-refractivity contribution is 7.12. The molecule has 127 heavy (non-hydrogen) atoms. The molecule has 0 saturated heterocycles. The molecule has 642 valence electrons.